The Bertz CT molecular complexity index is 551. The monoisotopic (exact) mass is 231 g/mol. The van der Waals surface area contributed by atoms with Crippen LogP contribution in [0.5, 0.6) is 5.75 Å². The third kappa shape index (κ3) is 1.57. The lowest BCUT2D eigenvalue weighted by Crippen LogP contribution is -2.25. The minimum atomic E-state index is 0.0969. The molecular weight excluding hydrogens is 218 g/mol. The summed E-state index contributed by atoms with van der Waals surface area (Å²) >= 11 is 0. The fraction of sp³-hybridized carbons (Fsp3) is 0.273. The van der Waals surface area contributed by atoms with Gasteiger partial charge in [0.1, 0.15) is 5.75 Å². The number of hydrogen-bond acceptors (Lipinski definition) is 5. The highest BCUT2D eigenvalue weighted by Gasteiger charge is 2.25. The Labute approximate surface area is 98.2 Å². The van der Waals surface area contributed by atoms with Gasteiger partial charge in [0.05, 0.1) is 12.5 Å². The summed E-state index contributed by atoms with van der Waals surface area (Å²) in [5, 5.41) is 7.75. The van der Waals surface area contributed by atoms with Crippen LogP contribution in [0.25, 0.3) is 0 Å². The van der Waals surface area contributed by atoms with E-state index in [0.717, 1.165) is 17.7 Å². The van der Waals surface area contributed by atoms with Crippen molar-refractivity contribution < 1.29 is 4.74 Å². The van der Waals surface area contributed by atoms with E-state index in [2.05, 4.69) is 10.2 Å². The van der Waals surface area contributed by atoms with Gasteiger partial charge in [-0.15, -0.1) is 10.2 Å². The Kier molecular flexibility index (Phi) is 2.14. The van der Waals surface area contributed by atoms with Crippen LogP contribution in [0.1, 0.15) is 17.3 Å². The van der Waals surface area contributed by atoms with Crippen LogP contribution in [0.3, 0.4) is 0 Å². The van der Waals surface area contributed by atoms with Crippen LogP contribution in [0.2, 0.25) is 0 Å². The maximum atomic E-state index is 5.76. The van der Waals surface area contributed by atoms with E-state index >= 15 is 0 Å². The van der Waals surface area contributed by atoms with Crippen molar-refractivity contribution in [2.24, 2.45) is 0 Å². The van der Waals surface area contributed by atoms with Gasteiger partial charge in [0.15, 0.2) is 5.82 Å². The first kappa shape index (κ1) is 9.95. The number of ether oxygens (including phenoxy) is 1. The highest BCUT2D eigenvalue weighted by atomic mass is 16.5. The first-order chi connectivity index (χ1) is 8.25. The lowest BCUT2D eigenvalue weighted by Gasteiger charge is -2.24. The number of rotatable bonds is 1. The van der Waals surface area contributed by atoms with Crippen molar-refractivity contribution in [3.63, 3.8) is 0 Å². The average molecular weight is 231 g/mol. The zero-order valence-electron chi connectivity index (χ0n) is 9.21. The number of nitrogens with zero attached hydrogens (tertiary/aromatic N) is 3. The molecule has 1 aromatic carbocycles. The molecule has 3 rings (SSSR count). The van der Waals surface area contributed by atoms with Crippen LogP contribution in [-0.4, -0.2) is 21.5 Å². The molecule has 1 aromatic heterocycles. The Hall–Kier alpha value is -2.24. The third-order valence-electron chi connectivity index (χ3n) is 2.99. The van der Waals surface area contributed by atoms with E-state index in [0.29, 0.717) is 12.4 Å². The van der Waals surface area contributed by atoms with Gasteiger partial charge in [0.25, 0.3) is 0 Å². The molecule has 6 nitrogen and oxygen atoms in total. The van der Waals surface area contributed by atoms with Crippen molar-refractivity contribution in [3.8, 4) is 5.75 Å². The van der Waals surface area contributed by atoms with Crippen LogP contribution in [0.4, 0.5) is 5.95 Å². The highest BCUT2D eigenvalue weighted by molar-refractivity contribution is 5.36. The van der Waals surface area contributed by atoms with Crippen molar-refractivity contribution in [2.45, 2.75) is 12.3 Å². The lowest BCUT2D eigenvalue weighted by atomic mass is 9.96. The molecular formula is C11H13N5O. The van der Waals surface area contributed by atoms with E-state index in [4.69, 9.17) is 16.3 Å². The molecule has 0 saturated heterocycles. The van der Waals surface area contributed by atoms with Crippen LogP contribution in [0, 0.1) is 0 Å². The summed E-state index contributed by atoms with van der Waals surface area (Å²) in [6.45, 7) is 0.548. The van der Waals surface area contributed by atoms with Crippen LogP contribution >= 0.6 is 0 Å². The molecule has 88 valence electrons. The fourth-order valence-electron chi connectivity index (χ4n) is 2.09. The van der Waals surface area contributed by atoms with Gasteiger partial charge in [-0.3, -0.25) is 0 Å². The summed E-state index contributed by atoms with van der Waals surface area (Å²) < 4.78 is 7.00. The molecule has 0 fully saturated rings. The van der Waals surface area contributed by atoms with Gasteiger partial charge >= 0.3 is 0 Å². The smallest absolute Gasteiger partial charge is 0.240 e. The fourth-order valence-corrected chi connectivity index (χ4v) is 2.09. The summed E-state index contributed by atoms with van der Waals surface area (Å²) in [6, 6.07) is 7.96. The molecule has 1 unspecified atom stereocenters. The quantitative estimate of drug-likeness (QED) is 0.688. The predicted molar refractivity (Wildman–Crippen MR) is 63.0 cm³/mol. The van der Waals surface area contributed by atoms with Crippen LogP contribution < -0.4 is 16.3 Å². The van der Waals surface area contributed by atoms with Crippen molar-refractivity contribution in [3.05, 3.63) is 35.7 Å². The maximum Gasteiger partial charge on any atom is 0.240 e. The number of fused-ring (bicyclic) bond motifs is 1. The topological polar surface area (TPSA) is 92.0 Å². The number of aromatic nitrogens is 3. The highest BCUT2D eigenvalue weighted by Crippen LogP contribution is 2.31. The number of para-hydroxylation sites is 1. The minimum absolute atomic E-state index is 0.0969. The summed E-state index contributed by atoms with van der Waals surface area (Å²) in [4.78, 5) is 0. The van der Waals surface area contributed by atoms with Gasteiger partial charge in [0, 0.05) is 0 Å². The number of nitrogen functional groups attached to an aromatic ring is 2. The molecule has 2 heterocycles. The summed E-state index contributed by atoms with van der Waals surface area (Å²) in [5.74, 6) is 7.68. The number of nitrogens with two attached hydrogens (primary N) is 2. The Balaban J connectivity index is 1.92. The molecule has 2 aromatic rings. The zero-order valence-corrected chi connectivity index (χ0v) is 9.21. The summed E-state index contributed by atoms with van der Waals surface area (Å²) in [5.41, 5.74) is 6.72. The Morgan fingerprint density at radius 3 is 2.88 bits per heavy atom. The van der Waals surface area contributed by atoms with Gasteiger partial charge < -0.3 is 16.3 Å². The zero-order chi connectivity index (χ0) is 11.8. The Morgan fingerprint density at radius 1 is 1.29 bits per heavy atom. The average Bonchev–Trinajstić information content (AvgIpc) is 2.70. The van der Waals surface area contributed by atoms with Crippen molar-refractivity contribution in [1.29, 1.82) is 0 Å². The van der Waals surface area contributed by atoms with Gasteiger partial charge in [0.2, 0.25) is 5.95 Å². The summed E-state index contributed by atoms with van der Waals surface area (Å²) in [7, 11) is 0. The largest absolute Gasteiger partial charge is 0.493 e. The second kappa shape index (κ2) is 3.65. The van der Waals surface area contributed by atoms with E-state index in [1.54, 1.807) is 0 Å². The van der Waals surface area contributed by atoms with Crippen molar-refractivity contribution in [2.75, 3.05) is 18.2 Å². The number of hydrogen-bond donors (Lipinski definition) is 2. The van der Waals surface area contributed by atoms with Gasteiger partial charge in [-0.05, 0) is 18.1 Å². The van der Waals surface area contributed by atoms with E-state index in [1.807, 2.05) is 24.3 Å². The first-order valence-electron chi connectivity index (χ1n) is 5.42. The van der Waals surface area contributed by atoms with Gasteiger partial charge in [-0.2, -0.15) is 0 Å². The number of benzene rings is 1. The van der Waals surface area contributed by atoms with E-state index < -0.39 is 0 Å². The lowest BCUT2D eigenvalue weighted by molar-refractivity contribution is 0.256. The summed E-state index contributed by atoms with van der Waals surface area (Å²) in [6.07, 6.45) is 0.839. The Morgan fingerprint density at radius 2 is 2.12 bits per heavy atom. The van der Waals surface area contributed by atoms with Crippen LogP contribution in [-0.2, 0) is 6.42 Å². The van der Waals surface area contributed by atoms with Crippen molar-refractivity contribution in [1.82, 2.24) is 14.9 Å². The van der Waals surface area contributed by atoms with Gasteiger partial charge in [-0.25, -0.2) is 4.68 Å². The molecule has 17 heavy (non-hydrogen) atoms. The molecule has 1 atom stereocenters. The molecule has 0 radical (unpaired) electrons. The normalized spacial score (nSPS) is 18.5. The second-order valence-corrected chi connectivity index (χ2v) is 4.11. The molecule has 0 amide bonds. The molecule has 1 aliphatic rings. The second-order valence-electron chi connectivity index (χ2n) is 4.11. The van der Waals surface area contributed by atoms with E-state index in [-0.39, 0.29) is 11.9 Å². The molecule has 0 spiro atoms. The first-order valence-corrected chi connectivity index (χ1v) is 5.42. The maximum absolute atomic E-state index is 5.76. The van der Waals surface area contributed by atoms with E-state index in [9.17, 15) is 0 Å². The molecule has 1 aliphatic heterocycles. The van der Waals surface area contributed by atoms with Gasteiger partial charge in [-0.1, -0.05) is 18.2 Å². The predicted octanol–water partition coefficient (Wildman–Crippen LogP) is 0.293. The van der Waals surface area contributed by atoms with E-state index in [1.165, 1.54) is 4.68 Å². The standard InChI is InChI=1S/C11H13N5O/c12-11-15-14-10(16(11)13)8-5-7-3-1-2-4-9(7)17-6-8/h1-4,8H,5-6,13H2,(H2,12,15). The molecule has 0 bridgehead atoms. The molecule has 0 saturated carbocycles. The SMILES string of the molecule is Nc1nnc(C2COc3ccccc3C2)n1N. The molecule has 0 aliphatic carbocycles. The third-order valence-corrected chi connectivity index (χ3v) is 2.99. The molecule has 4 N–H and O–H groups in total. The van der Waals surface area contributed by atoms with Crippen molar-refractivity contribution >= 4 is 5.95 Å². The molecule has 6 heteroatoms. The van der Waals surface area contributed by atoms with Crippen LogP contribution in [0.15, 0.2) is 24.3 Å². The minimum Gasteiger partial charge on any atom is -0.493 e. The number of anilines is 1.